The summed E-state index contributed by atoms with van der Waals surface area (Å²) in [6.07, 6.45) is 47.8. The van der Waals surface area contributed by atoms with Crippen molar-refractivity contribution in [1.29, 1.82) is 0 Å². The van der Waals surface area contributed by atoms with Gasteiger partial charge in [-0.3, -0.25) is 0 Å². The van der Waals surface area contributed by atoms with Crippen LogP contribution < -0.4 is 0 Å². The van der Waals surface area contributed by atoms with Gasteiger partial charge in [0.1, 0.15) is 0 Å². The first-order chi connectivity index (χ1) is 20.6. The Balaban J connectivity index is 3.70. The number of rotatable bonds is 35. The van der Waals surface area contributed by atoms with E-state index in [-0.39, 0.29) is 0 Å². The number of aliphatic carboxylic acids is 1. The fraction of sp³-hybridized carbons (Fsp3) is 0.925. The third-order valence-electron chi connectivity index (χ3n) is 9.43. The van der Waals surface area contributed by atoms with Crippen LogP contribution in [0.1, 0.15) is 233 Å². The molecule has 1 atom stereocenters. The third-order valence-corrected chi connectivity index (χ3v) is 9.43. The zero-order valence-electron chi connectivity index (χ0n) is 29.3. The van der Waals surface area contributed by atoms with Crippen molar-refractivity contribution in [3.05, 3.63) is 11.6 Å². The number of hydrogen-bond acceptors (Lipinski definition) is 1. The van der Waals surface area contributed by atoms with Gasteiger partial charge in [0, 0.05) is 5.57 Å². The lowest BCUT2D eigenvalue weighted by Gasteiger charge is -2.14. The second-order valence-corrected chi connectivity index (χ2v) is 13.7. The van der Waals surface area contributed by atoms with Gasteiger partial charge in [0.05, 0.1) is 0 Å². The van der Waals surface area contributed by atoms with Crippen LogP contribution in [-0.4, -0.2) is 11.1 Å². The van der Waals surface area contributed by atoms with Crippen molar-refractivity contribution >= 4 is 5.97 Å². The molecule has 0 fully saturated rings. The lowest BCUT2D eigenvalue weighted by Crippen LogP contribution is -2.03. The summed E-state index contributed by atoms with van der Waals surface area (Å²) in [5, 5.41) is 9.38. The van der Waals surface area contributed by atoms with Crippen LogP contribution in [0, 0.1) is 5.92 Å². The van der Waals surface area contributed by atoms with Gasteiger partial charge in [-0.1, -0.05) is 219 Å². The van der Waals surface area contributed by atoms with Crippen LogP contribution in [0.2, 0.25) is 0 Å². The van der Waals surface area contributed by atoms with E-state index >= 15 is 0 Å². The van der Waals surface area contributed by atoms with Crippen molar-refractivity contribution in [1.82, 2.24) is 0 Å². The molecule has 0 aliphatic rings. The average molecular weight is 591 g/mol. The number of hydrogen-bond donors (Lipinski definition) is 1. The Morgan fingerprint density at radius 2 is 0.643 bits per heavy atom. The van der Waals surface area contributed by atoms with Gasteiger partial charge in [0.25, 0.3) is 0 Å². The van der Waals surface area contributed by atoms with Gasteiger partial charge < -0.3 is 5.11 Å². The SMILES string of the molecule is CCCCCCCCCCCCCCCCCCCC(C=C(C)C(=O)O)CCCCCCCCCCCCCCCC. The second-order valence-electron chi connectivity index (χ2n) is 13.7. The number of carboxylic acids is 1. The van der Waals surface area contributed by atoms with Gasteiger partial charge in [-0.15, -0.1) is 0 Å². The Labute approximate surface area is 265 Å². The molecule has 0 heterocycles. The average Bonchev–Trinajstić information content (AvgIpc) is 2.98. The van der Waals surface area contributed by atoms with E-state index in [0.717, 1.165) is 0 Å². The first-order valence-corrected chi connectivity index (χ1v) is 19.5. The smallest absolute Gasteiger partial charge is 0.330 e. The van der Waals surface area contributed by atoms with Crippen molar-refractivity contribution in [2.75, 3.05) is 0 Å². The fourth-order valence-electron chi connectivity index (χ4n) is 6.47. The van der Waals surface area contributed by atoms with Gasteiger partial charge >= 0.3 is 5.97 Å². The first kappa shape index (κ1) is 41.2. The van der Waals surface area contributed by atoms with Gasteiger partial charge in [-0.25, -0.2) is 4.79 Å². The molecule has 0 saturated carbocycles. The Morgan fingerprint density at radius 3 is 0.857 bits per heavy atom. The quantitative estimate of drug-likeness (QED) is 0.0588. The standard InChI is InChI=1S/C40H78O2/c1-4-6-8-10-12-14-16-18-20-21-22-24-26-28-30-32-34-36-39(37-38(3)40(41)42)35-33-31-29-27-25-23-19-17-15-13-11-9-7-5-2/h37,39H,4-36H2,1-3H3,(H,41,42). The maximum absolute atomic E-state index is 11.4. The van der Waals surface area contributed by atoms with Gasteiger partial charge in [-0.2, -0.15) is 0 Å². The van der Waals surface area contributed by atoms with Crippen LogP contribution in [0.5, 0.6) is 0 Å². The van der Waals surface area contributed by atoms with E-state index in [1.807, 2.05) is 0 Å². The number of carboxylic acid groups (broad SMARTS) is 1. The van der Waals surface area contributed by atoms with E-state index in [0.29, 0.717) is 11.5 Å². The molecule has 42 heavy (non-hydrogen) atoms. The van der Waals surface area contributed by atoms with E-state index < -0.39 is 5.97 Å². The zero-order valence-corrected chi connectivity index (χ0v) is 29.3. The van der Waals surface area contributed by atoms with Gasteiger partial charge in [0.2, 0.25) is 0 Å². The van der Waals surface area contributed by atoms with Gasteiger partial charge in [0.15, 0.2) is 0 Å². The van der Waals surface area contributed by atoms with Gasteiger partial charge in [-0.05, 0) is 25.7 Å². The maximum Gasteiger partial charge on any atom is 0.330 e. The van der Waals surface area contributed by atoms with Crippen LogP contribution in [0.3, 0.4) is 0 Å². The van der Waals surface area contributed by atoms with Crippen LogP contribution in [0.15, 0.2) is 11.6 Å². The third kappa shape index (κ3) is 32.1. The summed E-state index contributed by atoms with van der Waals surface area (Å²) in [5.41, 5.74) is 0.539. The van der Waals surface area contributed by atoms with E-state index in [1.54, 1.807) is 6.92 Å². The molecule has 0 spiro atoms. The monoisotopic (exact) mass is 591 g/mol. The Morgan fingerprint density at radius 1 is 0.429 bits per heavy atom. The highest BCUT2D eigenvalue weighted by Crippen LogP contribution is 2.22. The highest BCUT2D eigenvalue weighted by Gasteiger charge is 2.09. The summed E-state index contributed by atoms with van der Waals surface area (Å²) >= 11 is 0. The lowest BCUT2D eigenvalue weighted by molar-refractivity contribution is -0.132. The first-order valence-electron chi connectivity index (χ1n) is 19.5. The Hall–Kier alpha value is -0.790. The number of unbranched alkanes of at least 4 members (excludes halogenated alkanes) is 29. The van der Waals surface area contributed by atoms with Crippen LogP contribution in [-0.2, 0) is 4.79 Å². The minimum atomic E-state index is -0.747. The Bertz CT molecular complexity index is 566. The molecule has 0 bridgehead atoms. The highest BCUT2D eigenvalue weighted by atomic mass is 16.4. The minimum Gasteiger partial charge on any atom is -0.478 e. The molecular formula is C40H78O2. The number of allylic oxidation sites excluding steroid dienone is 1. The second kappa shape index (κ2) is 34.7. The van der Waals surface area contributed by atoms with E-state index in [4.69, 9.17) is 0 Å². The molecule has 2 nitrogen and oxygen atoms in total. The van der Waals surface area contributed by atoms with Crippen molar-refractivity contribution < 1.29 is 9.90 Å². The molecule has 0 aromatic carbocycles. The van der Waals surface area contributed by atoms with E-state index in [9.17, 15) is 9.90 Å². The molecule has 0 radical (unpaired) electrons. The molecule has 1 unspecified atom stereocenters. The molecule has 0 aliphatic heterocycles. The predicted molar refractivity (Wildman–Crippen MR) is 189 cm³/mol. The van der Waals surface area contributed by atoms with Crippen molar-refractivity contribution in [3.63, 3.8) is 0 Å². The largest absolute Gasteiger partial charge is 0.478 e. The molecule has 1 N–H and O–H groups in total. The minimum absolute atomic E-state index is 0.453. The van der Waals surface area contributed by atoms with Crippen molar-refractivity contribution in [2.24, 2.45) is 5.92 Å². The maximum atomic E-state index is 11.4. The zero-order chi connectivity index (χ0) is 30.8. The van der Waals surface area contributed by atoms with Crippen molar-refractivity contribution in [2.45, 2.75) is 233 Å². The molecule has 2 heteroatoms. The van der Waals surface area contributed by atoms with Crippen LogP contribution in [0.4, 0.5) is 0 Å². The topological polar surface area (TPSA) is 37.3 Å². The molecule has 0 aliphatic carbocycles. The molecule has 0 aromatic heterocycles. The Kier molecular flexibility index (Phi) is 34.0. The normalized spacial score (nSPS) is 12.7. The lowest BCUT2D eigenvalue weighted by atomic mass is 9.92. The van der Waals surface area contributed by atoms with Crippen LogP contribution >= 0.6 is 0 Å². The molecule has 0 saturated heterocycles. The van der Waals surface area contributed by atoms with E-state index in [1.165, 1.54) is 212 Å². The summed E-state index contributed by atoms with van der Waals surface area (Å²) in [4.78, 5) is 11.4. The summed E-state index contributed by atoms with van der Waals surface area (Å²) in [6.45, 7) is 6.36. The highest BCUT2D eigenvalue weighted by molar-refractivity contribution is 5.85. The summed E-state index contributed by atoms with van der Waals surface area (Å²) in [7, 11) is 0. The summed E-state index contributed by atoms with van der Waals surface area (Å²) in [5.74, 6) is -0.293. The summed E-state index contributed by atoms with van der Waals surface area (Å²) < 4.78 is 0. The molecule has 0 aromatic rings. The number of carbonyl (C=O) groups is 1. The molecule has 0 rings (SSSR count). The fourth-order valence-corrected chi connectivity index (χ4v) is 6.47. The predicted octanol–water partition coefficient (Wildman–Crippen LogP) is 14.5. The molecule has 250 valence electrons. The van der Waals surface area contributed by atoms with E-state index in [2.05, 4.69) is 19.9 Å². The molecule has 0 amide bonds. The molecular weight excluding hydrogens is 512 g/mol. The van der Waals surface area contributed by atoms with Crippen LogP contribution in [0.25, 0.3) is 0 Å². The summed E-state index contributed by atoms with van der Waals surface area (Å²) in [6, 6.07) is 0. The van der Waals surface area contributed by atoms with Crippen molar-refractivity contribution in [3.8, 4) is 0 Å².